The van der Waals surface area contributed by atoms with Gasteiger partial charge in [-0.2, -0.15) is 0 Å². The van der Waals surface area contributed by atoms with Crippen LogP contribution in [0.3, 0.4) is 0 Å². The van der Waals surface area contributed by atoms with Gasteiger partial charge in [-0.25, -0.2) is 0 Å². The van der Waals surface area contributed by atoms with Gasteiger partial charge in [0, 0.05) is 19.1 Å². The summed E-state index contributed by atoms with van der Waals surface area (Å²) < 4.78 is 0. The Balaban J connectivity index is 1.96. The summed E-state index contributed by atoms with van der Waals surface area (Å²) in [7, 11) is 0. The van der Waals surface area contributed by atoms with Crippen molar-refractivity contribution in [1.29, 1.82) is 0 Å². The van der Waals surface area contributed by atoms with Crippen LogP contribution < -0.4 is 5.32 Å². The Hall–Kier alpha value is -2.17. The number of carbonyl (C=O) groups excluding carboxylic acids is 1. The lowest BCUT2D eigenvalue weighted by Crippen LogP contribution is -2.33. The van der Waals surface area contributed by atoms with E-state index in [1.54, 1.807) is 24.3 Å². The van der Waals surface area contributed by atoms with Crippen LogP contribution in [0.5, 0.6) is 0 Å². The summed E-state index contributed by atoms with van der Waals surface area (Å²) >= 11 is 0. The molecule has 0 fully saturated rings. The van der Waals surface area contributed by atoms with Crippen LogP contribution in [0, 0.1) is 0 Å². The van der Waals surface area contributed by atoms with E-state index in [0.29, 0.717) is 18.5 Å². The van der Waals surface area contributed by atoms with Crippen molar-refractivity contribution in [3.8, 4) is 0 Å². The first-order valence-corrected chi connectivity index (χ1v) is 7.39. The highest BCUT2D eigenvalue weighted by Crippen LogP contribution is 2.19. The first-order chi connectivity index (χ1) is 10.7. The number of hydrogen-bond donors (Lipinski definition) is 3. The third kappa shape index (κ3) is 4.41. The first kappa shape index (κ1) is 16.2. The molecule has 0 aliphatic carbocycles. The molecule has 0 unspecified atom stereocenters. The smallest absolute Gasteiger partial charge is 0.253 e. The summed E-state index contributed by atoms with van der Waals surface area (Å²) in [5.41, 5.74) is 1.63. The predicted octanol–water partition coefficient (Wildman–Crippen LogP) is 2.00. The molecule has 2 rings (SSSR count). The lowest BCUT2D eigenvalue weighted by molar-refractivity contribution is -0.129. The van der Waals surface area contributed by atoms with E-state index in [1.165, 1.54) is 0 Å². The van der Waals surface area contributed by atoms with Gasteiger partial charge in [0.15, 0.2) is 6.10 Å². The lowest BCUT2D eigenvalue weighted by Gasteiger charge is -2.18. The van der Waals surface area contributed by atoms with E-state index in [2.05, 4.69) is 5.32 Å². The molecule has 0 spiro atoms. The van der Waals surface area contributed by atoms with Crippen LogP contribution in [0.4, 0.5) is 0 Å². The zero-order valence-corrected chi connectivity index (χ0v) is 12.4. The van der Waals surface area contributed by atoms with Crippen molar-refractivity contribution < 1.29 is 15.0 Å². The predicted molar refractivity (Wildman–Crippen MR) is 85.3 cm³/mol. The summed E-state index contributed by atoms with van der Waals surface area (Å²) in [6.07, 6.45) is -0.613. The van der Waals surface area contributed by atoms with Crippen LogP contribution in [0.2, 0.25) is 0 Å². The maximum atomic E-state index is 12.1. The number of carbonyl (C=O) groups is 1. The number of aliphatic hydroxyl groups is 2. The third-order valence-electron chi connectivity index (χ3n) is 3.63. The van der Waals surface area contributed by atoms with E-state index in [-0.39, 0.29) is 12.5 Å². The molecule has 2 atom stereocenters. The molecule has 0 aliphatic rings. The molecule has 4 heteroatoms. The molecule has 0 aliphatic heterocycles. The minimum absolute atomic E-state index is 0.0260. The van der Waals surface area contributed by atoms with E-state index in [4.69, 9.17) is 0 Å². The number of benzene rings is 2. The molecule has 4 nitrogen and oxygen atoms in total. The van der Waals surface area contributed by atoms with Gasteiger partial charge in [-0.3, -0.25) is 4.79 Å². The Morgan fingerprint density at radius 1 is 0.955 bits per heavy atom. The van der Waals surface area contributed by atoms with Crippen molar-refractivity contribution in [3.05, 3.63) is 71.8 Å². The second-order valence-corrected chi connectivity index (χ2v) is 5.18. The molecule has 2 aromatic rings. The summed E-state index contributed by atoms with van der Waals surface area (Å²) in [6, 6.07) is 18.6. The normalized spacial score (nSPS) is 13.4. The number of aliphatic hydroxyl groups excluding tert-OH is 2. The highest BCUT2D eigenvalue weighted by molar-refractivity contribution is 5.81. The minimum Gasteiger partial charge on any atom is -0.396 e. The van der Waals surface area contributed by atoms with Gasteiger partial charge in [-0.15, -0.1) is 0 Å². The van der Waals surface area contributed by atoms with E-state index < -0.39 is 12.0 Å². The number of nitrogens with one attached hydrogen (secondary N) is 1. The van der Waals surface area contributed by atoms with Gasteiger partial charge in [-0.1, -0.05) is 60.7 Å². The van der Waals surface area contributed by atoms with Crippen LogP contribution in [0.25, 0.3) is 0 Å². The average molecular weight is 299 g/mol. The summed E-state index contributed by atoms with van der Waals surface area (Å²) in [6.45, 7) is 0.434. The van der Waals surface area contributed by atoms with E-state index >= 15 is 0 Å². The number of rotatable bonds is 7. The van der Waals surface area contributed by atoms with Gasteiger partial charge < -0.3 is 15.5 Å². The molecule has 0 saturated carbocycles. The minimum atomic E-state index is -1.17. The summed E-state index contributed by atoms with van der Waals surface area (Å²) in [5.74, 6) is -0.400. The molecular formula is C18H21NO3. The topological polar surface area (TPSA) is 69.6 Å². The first-order valence-electron chi connectivity index (χ1n) is 7.39. The van der Waals surface area contributed by atoms with Crippen molar-refractivity contribution in [2.75, 3.05) is 13.2 Å². The second-order valence-electron chi connectivity index (χ2n) is 5.18. The highest BCUT2D eigenvalue weighted by Gasteiger charge is 2.19. The highest BCUT2D eigenvalue weighted by atomic mass is 16.3. The Bertz CT molecular complexity index is 571. The van der Waals surface area contributed by atoms with Crippen molar-refractivity contribution in [2.45, 2.75) is 18.4 Å². The molecule has 0 aromatic heterocycles. The molecule has 1 amide bonds. The lowest BCUT2D eigenvalue weighted by atomic mass is 9.96. The van der Waals surface area contributed by atoms with Crippen molar-refractivity contribution in [3.63, 3.8) is 0 Å². The zero-order valence-electron chi connectivity index (χ0n) is 12.4. The van der Waals surface area contributed by atoms with Crippen LogP contribution in [0.1, 0.15) is 29.6 Å². The van der Waals surface area contributed by atoms with Crippen LogP contribution >= 0.6 is 0 Å². The molecule has 116 valence electrons. The molecule has 0 radical (unpaired) electrons. The largest absolute Gasteiger partial charge is 0.396 e. The monoisotopic (exact) mass is 299 g/mol. The standard InChI is InChI=1S/C18H21NO3/c20-12-11-16(14-7-3-1-4-8-14)13-19-18(22)17(21)15-9-5-2-6-10-15/h1-10,16-17,20-21H,11-13H2,(H,19,22)/t16-,17+/m0/s1. The number of amides is 1. The van der Waals surface area contributed by atoms with E-state index in [1.807, 2.05) is 36.4 Å². The Kier molecular flexibility index (Phi) is 6.13. The zero-order chi connectivity index (χ0) is 15.8. The van der Waals surface area contributed by atoms with Gasteiger partial charge >= 0.3 is 0 Å². The average Bonchev–Trinajstić information content (AvgIpc) is 2.59. The quantitative estimate of drug-likeness (QED) is 0.732. The maximum absolute atomic E-state index is 12.1. The van der Waals surface area contributed by atoms with Gasteiger partial charge in [0.1, 0.15) is 0 Å². The number of hydrogen-bond acceptors (Lipinski definition) is 3. The van der Waals surface area contributed by atoms with Crippen LogP contribution in [-0.2, 0) is 4.79 Å². The van der Waals surface area contributed by atoms with Gasteiger partial charge in [-0.05, 0) is 17.5 Å². The molecule has 3 N–H and O–H groups in total. The van der Waals surface area contributed by atoms with E-state index in [9.17, 15) is 15.0 Å². The molecule has 0 heterocycles. The molecule has 2 aromatic carbocycles. The summed E-state index contributed by atoms with van der Waals surface area (Å²) in [4.78, 5) is 12.1. The molecular weight excluding hydrogens is 278 g/mol. The van der Waals surface area contributed by atoms with Crippen LogP contribution in [-0.4, -0.2) is 29.3 Å². The van der Waals surface area contributed by atoms with Crippen molar-refractivity contribution in [1.82, 2.24) is 5.32 Å². The SMILES string of the molecule is O=C(NC[C@H](CCO)c1ccccc1)[C@H](O)c1ccccc1. The fraction of sp³-hybridized carbons (Fsp3) is 0.278. The Labute approximate surface area is 130 Å². The van der Waals surface area contributed by atoms with Gasteiger partial charge in [0.2, 0.25) is 0 Å². The second kappa shape index (κ2) is 8.32. The molecule has 0 bridgehead atoms. The van der Waals surface area contributed by atoms with Crippen molar-refractivity contribution >= 4 is 5.91 Å². The molecule has 0 saturated heterocycles. The summed E-state index contributed by atoms with van der Waals surface area (Å²) in [5, 5.41) is 22.0. The third-order valence-corrected chi connectivity index (χ3v) is 3.63. The Morgan fingerprint density at radius 3 is 2.05 bits per heavy atom. The maximum Gasteiger partial charge on any atom is 0.253 e. The van der Waals surface area contributed by atoms with Gasteiger partial charge in [0.05, 0.1) is 0 Å². The van der Waals surface area contributed by atoms with Gasteiger partial charge in [0.25, 0.3) is 5.91 Å². The Morgan fingerprint density at radius 2 is 1.50 bits per heavy atom. The van der Waals surface area contributed by atoms with Crippen molar-refractivity contribution in [2.24, 2.45) is 0 Å². The fourth-order valence-corrected chi connectivity index (χ4v) is 2.37. The van der Waals surface area contributed by atoms with Crippen LogP contribution in [0.15, 0.2) is 60.7 Å². The van der Waals surface area contributed by atoms with E-state index in [0.717, 1.165) is 5.56 Å². The fourth-order valence-electron chi connectivity index (χ4n) is 2.37. The molecule has 22 heavy (non-hydrogen) atoms.